The fraction of sp³-hybridized carbons (Fsp3) is 0.643. The zero-order chi connectivity index (χ0) is 13.4. The van der Waals surface area contributed by atoms with Crippen LogP contribution >= 0.6 is 0 Å². The summed E-state index contributed by atoms with van der Waals surface area (Å²) < 4.78 is 16.0. The zero-order valence-electron chi connectivity index (χ0n) is 11.2. The number of rotatable bonds is 4. The summed E-state index contributed by atoms with van der Waals surface area (Å²) in [5, 5.41) is 3.53. The Morgan fingerprint density at radius 2 is 2.32 bits per heavy atom. The summed E-state index contributed by atoms with van der Waals surface area (Å²) in [6.07, 6.45) is 4.16. The highest BCUT2D eigenvalue weighted by atomic mass is 16.5. The van der Waals surface area contributed by atoms with Crippen LogP contribution in [0, 0.1) is 0 Å². The van der Waals surface area contributed by atoms with Gasteiger partial charge >= 0.3 is 5.97 Å². The topological polar surface area (TPSA) is 60.7 Å². The highest BCUT2D eigenvalue weighted by Crippen LogP contribution is 2.35. The molecular formula is C14H19NO4. The van der Waals surface area contributed by atoms with Crippen LogP contribution in [-0.2, 0) is 9.47 Å². The third-order valence-electron chi connectivity index (χ3n) is 4.01. The first-order chi connectivity index (χ1) is 9.17. The summed E-state index contributed by atoms with van der Waals surface area (Å²) in [4.78, 5) is 11.3. The smallest absolute Gasteiger partial charge is 0.373 e. The molecule has 19 heavy (non-hydrogen) atoms. The van der Waals surface area contributed by atoms with Crippen molar-refractivity contribution in [3.8, 4) is 0 Å². The molecule has 2 aliphatic rings. The van der Waals surface area contributed by atoms with Crippen molar-refractivity contribution in [3.05, 3.63) is 23.7 Å². The Bertz CT molecular complexity index is 470. The van der Waals surface area contributed by atoms with Gasteiger partial charge in [0, 0.05) is 6.04 Å². The van der Waals surface area contributed by atoms with E-state index in [1.165, 1.54) is 13.5 Å². The number of fused-ring (bicyclic) bond motifs is 2. The number of ether oxygens (including phenoxy) is 2. The monoisotopic (exact) mass is 265 g/mol. The van der Waals surface area contributed by atoms with E-state index in [0.717, 1.165) is 18.6 Å². The van der Waals surface area contributed by atoms with Gasteiger partial charge < -0.3 is 19.2 Å². The number of furan rings is 1. The second-order valence-electron chi connectivity index (χ2n) is 5.30. The van der Waals surface area contributed by atoms with E-state index in [9.17, 15) is 4.79 Å². The lowest BCUT2D eigenvalue weighted by Crippen LogP contribution is -2.38. The third-order valence-corrected chi connectivity index (χ3v) is 4.01. The van der Waals surface area contributed by atoms with Crippen LogP contribution in [-0.4, -0.2) is 31.3 Å². The first-order valence-electron chi connectivity index (χ1n) is 6.77. The van der Waals surface area contributed by atoms with Crippen molar-refractivity contribution in [1.82, 2.24) is 5.32 Å². The SMILES string of the molecule is COC(=O)c1ccc(C(C)NC2CC3CCC2O3)o1. The molecule has 2 bridgehead atoms. The summed E-state index contributed by atoms with van der Waals surface area (Å²) >= 11 is 0. The van der Waals surface area contributed by atoms with E-state index in [1.54, 1.807) is 6.07 Å². The van der Waals surface area contributed by atoms with Gasteiger partial charge in [0.05, 0.1) is 25.4 Å². The van der Waals surface area contributed by atoms with Crippen LogP contribution in [0.25, 0.3) is 0 Å². The molecule has 2 saturated heterocycles. The summed E-state index contributed by atoms with van der Waals surface area (Å²) in [6, 6.07) is 3.92. The highest BCUT2D eigenvalue weighted by molar-refractivity contribution is 5.86. The third kappa shape index (κ3) is 2.40. The molecule has 1 N–H and O–H groups in total. The maximum absolute atomic E-state index is 11.3. The van der Waals surface area contributed by atoms with Crippen LogP contribution in [0.2, 0.25) is 0 Å². The molecule has 0 aromatic carbocycles. The van der Waals surface area contributed by atoms with Crippen molar-refractivity contribution in [1.29, 1.82) is 0 Å². The van der Waals surface area contributed by atoms with Crippen molar-refractivity contribution in [2.75, 3.05) is 7.11 Å². The molecular weight excluding hydrogens is 246 g/mol. The van der Waals surface area contributed by atoms with Crippen LogP contribution in [0.3, 0.4) is 0 Å². The molecule has 0 saturated carbocycles. The molecule has 0 amide bonds. The molecule has 0 aliphatic carbocycles. The summed E-state index contributed by atoms with van der Waals surface area (Å²) in [5.41, 5.74) is 0. The van der Waals surface area contributed by atoms with Gasteiger partial charge in [-0.3, -0.25) is 0 Å². The van der Waals surface area contributed by atoms with Crippen LogP contribution in [0.1, 0.15) is 48.5 Å². The van der Waals surface area contributed by atoms with Crippen molar-refractivity contribution in [2.45, 2.75) is 50.5 Å². The maximum atomic E-state index is 11.3. The minimum atomic E-state index is -0.443. The van der Waals surface area contributed by atoms with Gasteiger partial charge in [-0.15, -0.1) is 0 Å². The van der Waals surface area contributed by atoms with E-state index in [2.05, 4.69) is 10.1 Å². The lowest BCUT2D eigenvalue weighted by Gasteiger charge is -2.23. The molecule has 104 valence electrons. The van der Waals surface area contributed by atoms with E-state index >= 15 is 0 Å². The zero-order valence-corrected chi connectivity index (χ0v) is 11.2. The number of methoxy groups -OCH3 is 1. The molecule has 3 heterocycles. The molecule has 2 aliphatic heterocycles. The van der Waals surface area contributed by atoms with Gasteiger partial charge in [-0.2, -0.15) is 0 Å². The summed E-state index contributed by atoms with van der Waals surface area (Å²) in [7, 11) is 1.35. The predicted molar refractivity (Wildman–Crippen MR) is 67.9 cm³/mol. The molecule has 1 aromatic heterocycles. The van der Waals surface area contributed by atoms with Crippen molar-refractivity contribution in [3.63, 3.8) is 0 Å². The maximum Gasteiger partial charge on any atom is 0.373 e. The van der Waals surface area contributed by atoms with Gasteiger partial charge in [0.1, 0.15) is 5.76 Å². The van der Waals surface area contributed by atoms with E-state index in [1.807, 2.05) is 13.0 Å². The molecule has 2 fully saturated rings. The molecule has 5 heteroatoms. The van der Waals surface area contributed by atoms with Crippen LogP contribution in [0.15, 0.2) is 16.5 Å². The minimum Gasteiger partial charge on any atom is -0.463 e. The Labute approximate surface area is 112 Å². The number of carbonyl (C=O) groups excluding carboxylic acids is 1. The molecule has 4 unspecified atom stereocenters. The quantitative estimate of drug-likeness (QED) is 0.844. The number of hydrogen-bond donors (Lipinski definition) is 1. The molecule has 0 radical (unpaired) electrons. The number of esters is 1. The fourth-order valence-electron chi connectivity index (χ4n) is 3.01. The Morgan fingerprint density at radius 3 is 2.95 bits per heavy atom. The van der Waals surface area contributed by atoms with Crippen molar-refractivity contribution in [2.24, 2.45) is 0 Å². The lowest BCUT2D eigenvalue weighted by atomic mass is 9.95. The average molecular weight is 265 g/mol. The van der Waals surface area contributed by atoms with Gasteiger partial charge in [-0.1, -0.05) is 0 Å². The fourth-order valence-corrected chi connectivity index (χ4v) is 3.01. The normalized spacial score (nSPS) is 30.5. The standard InChI is InChI=1S/C14H19NO4/c1-8(11-5-6-13(19-11)14(16)17-2)15-10-7-9-3-4-12(10)18-9/h5-6,8-10,12,15H,3-4,7H2,1-2H3. The van der Waals surface area contributed by atoms with Gasteiger partial charge in [0.15, 0.2) is 0 Å². The van der Waals surface area contributed by atoms with E-state index in [0.29, 0.717) is 18.2 Å². The van der Waals surface area contributed by atoms with Gasteiger partial charge in [-0.25, -0.2) is 4.79 Å². The Morgan fingerprint density at radius 1 is 1.47 bits per heavy atom. The van der Waals surface area contributed by atoms with E-state index in [4.69, 9.17) is 9.15 Å². The van der Waals surface area contributed by atoms with Crippen molar-refractivity contribution >= 4 is 5.97 Å². The second kappa shape index (κ2) is 4.98. The van der Waals surface area contributed by atoms with E-state index in [-0.39, 0.29) is 11.8 Å². The number of hydrogen-bond acceptors (Lipinski definition) is 5. The first kappa shape index (κ1) is 12.7. The number of carbonyl (C=O) groups is 1. The van der Waals surface area contributed by atoms with Crippen LogP contribution in [0.4, 0.5) is 0 Å². The summed E-state index contributed by atoms with van der Waals surface area (Å²) in [6.45, 7) is 2.03. The minimum absolute atomic E-state index is 0.0614. The Kier molecular flexibility index (Phi) is 3.33. The summed E-state index contributed by atoms with van der Waals surface area (Å²) in [5.74, 6) is 0.556. The predicted octanol–water partition coefficient (Wildman–Crippen LogP) is 2.04. The molecule has 0 spiro atoms. The average Bonchev–Trinajstić information content (AvgIpc) is 3.13. The largest absolute Gasteiger partial charge is 0.463 e. The number of nitrogens with one attached hydrogen (secondary N) is 1. The lowest BCUT2D eigenvalue weighted by molar-refractivity contribution is 0.0561. The Hall–Kier alpha value is -1.33. The van der Waals surface area contributed by atoms with Crippen LogP contribution in [0.5, 0.6) is 0 Å². The highest BCUT2D eigenvalue weighted by Gasteiger charge is 2.41. The van der Waals surface area contributed by atoms with E-state index < -0.39 is 5.97 Å². The molecule has 5 nitrogen and oxygen atoms in total. The Balaban J connectivity index is 1.62. The first-order valence-corrected chi connectivity index (χ1v) is 6.77. The van der Waals surface area contributed by atoms with Crippen LogP contribution < -0.4 is 5.32 Å². The molecule has 1 aromatic rings. The second-order valence-corrected chi connectivity index (χ2v) is 5.30. The molecule has 3 rings (SSSR count). The van der Waals surface area contributed by atoms with Gasteiger partial charge in [0.2, 0.25) is 5.76 Å². The van der Waals surface area contributed by atoms with Crippen molar-refractivity contribution < 1.29 is 18.7 Å². The molecule has 4 atom stereocenters. The van der Waals surface area contributed by atoms with Gasteiger partial charge in [0.25, 0.3) is 0 Å². The van der Waals surface area contributed by atoms with Gasteiger partial charge in [-0.05, 0) is 38.3 Å².